The summed E-state index contributed by atoms with van der Waals surface area (Å²) in [6.07, 6.45) is 4.28. The maximum Gasteiger partial charge on any atom is 0.256 e. The second-order valence-electron chi connectivity index (χ2n) is 8.60. The van der Waals surface area contributed by atoms with E-state index in [1.165, 1.54) is 12.8 Å². The van der Waals surface area contributed by atoms with Crippen LogP contribution in [0.3, 0.4) is 0 Å². The van der Waals surface area contributed by atoms with Crippen molar-refractivity contribution in [2.24, 2.45) is 0 Å². The molecule has 2 aliphatic rings. The highest BCUT2D eigenvalue weighted by molar-refractivity contribution is 6.34. The molecular weight excluding hydrogens is 414 g/mol. The zero-order valence-electron chi connectivity index (χ0n) is 18.7. The summed E-state index contributed by atoms with van der Waals surface area (Å²) in [4.78, 5) is 27.5. The Morgan fingerprint density at radius 3 is 2.79 bits per heavy atom. The Balaban J connectivity index is 1.33. The summed E-state index contributed by atoms with van der Waals surface area (Å²) >= 11 is 0. The van der Waals surface area contributed by atoms with Crippen molar-refractivity contribution in [1.82, 2.24) is 10.2 Å². The summed E-state index contributed by atoms with van der Waals surface area (Å²) in [6.45, 7) is 5.72. The van der Waals surface area contributed by atoms with E-state index >= 15 is 0 Å². The molecule has 2 amide bonds. The molecule has 5 rings (SSSR count). The number of hydrogen-bond donors (Lipinski definition) is 2. The molecule has 2 N–H and O–H groups in total. The van der Waals surface area contributed by atoms with Gasteiger partial charge in [0.2, 0.25) is 0 Å². The van der Waals surface area contributed by atoms with E-state index in [0.29, 0.717) is 29.2 Å². The van der Waals surface area contributed by atoms with Gasteiger partial charge in [-0.05, 0) is 68.8 Å². The molecule has 0 radical (unpaired) electrons. The van der Waals surface area contributed by atoms with Gasteiger partial charge in [0.15, 0.2) is 0 Å². The lowest BCUT2D eigenvalue weighted by Crippen LogP contribution is -2.33. The molecule has 0 unspecified atom stereocenters. The van der Waals surface area contributed by atoms with E-state index in [-0.39, 0.29) is 11.8 Å². The molecule has 3 aromatic rings. The summed E-state index contributed by atoms with van der Waals surface area (Å²) in [7, 11) is 0. The topological polar surface area (TPSA) is 74.6 Å². The zero-order valence-corrected chi connectivity index (χ0v) is 18.7. The molecule has 0 aliphatic carbocycles. The van der Waals surface area contributed by atoms with Crippen LogP contribution >= 0.6 is 0 Å². The van der Waals surface area contributed by atoms with Gasteiger partial charge in [0, 0.05) is 35.5 Å². The Bertz CT molecular complexity index is 1230. The number of para-hydroxylation sites is 1. The molecule has 2 aromatic carbocycles. The number of furan rings is 1. The van der Waals surface area contributed by atoms with Crippen molar-refractivity contribution in [3.05, 3.63) is 77.0 Å². The van der Waals surface area contributed by atoms with Crippen molar-refractivity contribution in [2.75, 3.05) is 31.5 Å². The number of fused-ring (bicyclic) bond motifs is 1. The summed E-state index contributed by atoms with van der Waals surface area (Å²) in [5.41, 5.74) is 4.61. The van der Waals surface area contributed by atoms with Crippen LogP contribution in [0.5, 0.6) is 0 Å². The molecule has 6 nitrogen and oxygen atoms in total. The van der Waals surface area contributed by atoms with Crippen LogP contribution in [0.2, 0.25) is 0 Å². The number of amides is 2. The Morgan fingerprint density at radius 1 is 1.12 bits per heavy atom. The predicted molar refractivity (Wildman–Crippen MR) is 130 cm³/mol. The van der Waals surface area contributed by atoms with Gasteiger partial charge in [0.05, 0.1) is 5.57 Å². The number of carbonyl (C=O) groups excluding carboxylic acids is 2. The second kappa shape index (κ2) is 9.08. The van der Waals surface area contributed by atoms with Crippen molar-refractivity contribution in [3.63, 3.8) is 0 Å². The smallest absolute Gasteiger partial charge is 0.256 e. The number of rotatable bonds is 6. The number of benzene rings is 2. The number of anilines is 1. The average molecular weight is 442 g/mol. The summed E-state index contributed by atoms with van der Waals surface area (Å²) in [5.74, 6) is 1.08. The molecule has 168 valence electrons. The zero-order chi connectivity index (χ0) is 22.8. The third-order valence-corrected chi connectivity index (χ3v) is 6.26. The standard InChI is InChI=1S/C27H27N3O3/c1-18-15-25(33-24(18)17-22-21-9-2-3-10-23(21)29-27(22)32)19-7-6-8-20(16-19)26(31)28-11-14-30-12-4-5-13-30/h2-3,6-10,15-17H,4-5,11-14H2,1H3,(H,28,31)(H,29,32). The molecule has 1 saturated heterocycles. The molecular formula is C27H27N3O3. The number of nitrogens with zero attached hydrogens (tertiary/aromatic N) is 1. The van der Waals surface area contributed by atoms with E-state index in [1.807, 2.05) is 61.5 Å². The molecule has 0 spiro atoms. The molecule has 2 aliphatic heterocycles. The lowest BCUT2D eigenvalue weighted by molar-refractivity contribution is -0.110. The fourth-order valence-electron chi connectivity index (χ4n) is 4.44. The van der Waals surface area contributed by atoms with E-state index in [1.54, 1.807) is 6.08 Å². The van der Waals surface area contributed by atoms with Crippen molar-refractivity contribution in [1.29, 1.82) is 0 Å². The molecule has 6 heteroatoms. The van der Waals surface area contributed by atoms with E-state index < -0.39 is 0 Å². The molecule has 0 bridgehead atoms. The predicted octanol–water partition coefficient (Wildman–Crippen LogP) is 4.57. The van der Waals surface area contributed by atoms with Crippen LogP contribution < -0.4 is 10.6 Å². The van der Waals surface area contributed by atoms with Gasteiger partial charge in [0.1, 0.15) is 11.5 Å². The van der Waals surface area contributed by atoms with E-state index in [2.05, 4.69) is 15.5 Å². The number of hydrogen-bond acceptors (Lipinski definition) is 4. The van der Waals surface area contributed by atoms with Crippen molar-refractivity contribution >= 4 is 29.2 Å². The van der Waals surface area contributed by atoms with Crippen molar-refractivity contribution < 1.29 is 14.0 Å². The first-order valence-corrected chi connectivity index (χ1v) is 11.4. The van der Waals surface area contributed by atoms with Crippen LogP contribution in [0.4, 0.5) is 5.69 Å². The number of carbonyl (C=O) groups is 2. The third kappa shape index (κ3) is 4.47. The summed E-state index contributed by atoms with van der Waals surface area (Å²) in [5, 5.41) is 5.90. The average Bonchev–Trinajstić information content (AvgIpc) is 3.54. The summed E-state index contributed by atoms with van der Waals surface area (Å²) in [6, 6.07) is 17.0. The van der Waals surface area contributed by atoms with Crippen LogP contribution in [-0.2, 0) is 4.79 Å². The van der Waals surface area contributed by atoms with Gasteiger partial charge in [-0.3, -0.25) is 9.59 Å². The molecule has 0 atom stereocenters. The van der Waals surface area contributed by atoms with Gasteiger partial charge >= 0.3 is 0 Å². The third-order valence-electron chi connectivity index (χ3n) is 6.26. The lowest BCUT2D eigenvalue weighted by atomic mass is 10.1. The Morgan fingerprint density at radius 2 is 1.94 bits per heavy atom. The van der Waals surface area contributed by atoms with Gasteiger partial charge in [-0.1, -0.05) is 30.3 Å². The number of likely N-dealkylation sites (tertiary alicyclic amines) is 1. The van der Waals surface area contributed by atoms with Crippen LogP contribution in [0, 0.1) is 6.92 Å². The molecule has 1 fully saturated rings. The first-order chi connectivity index (χ1) is 16.1. The normalized spacial score (nSPS) is 16.8. The van der Waals surface area contributed by atoms with Gasteiger partial charge in [-0.2, -0.15) is 0 Å². The van der Waals surface area contributed by atoms with Crippen molar-refractivity contribution in [3.8, 4) is 11.3 Å². The molecule has 3 heterocycles. The first-order valence-electron chi connectivity index (χ1n) is 11.4. The van der Waals surface area contributed by atoms with Crippen LogP contribution in [-0.4, -0.2) is 42.9 Å². The van der Waals surface area contributed by atoms with Crippen LogP contribution in [0.25, 0.3) is 23.0 Å². The monoisotopic (exact) mass is 441 g/mol. The van der Waals surface area contributed by atoms with Crippen molar-refractivity contribution in [2.45, 2.75) is 19.8 Å². The van der Waals surface area contributed by atoms with Gasteiger partial charge < -0.3 is 20.0 Å². The Kier molecular flexibility index (Phi) is 5.84. The SMILES string of the molecule is Cc1cc(-c2cccc(C(=O)NCCN3CCCC3)c2)oc1C=C1C(=O)Nc2ccccc21. The fraction of sp³-hybridized carbons (Fsp3) is 0.259. The lowest BCUT2D eigenvalue weighted by Gasteiger charge is -2.14. The largest absolute Gasteiger partial charge is 0.456 e. The minimum atomic E-state index is -0.138. The Hall–Kier alpha value is -3.64. The van der Waals surface area contributed by atoms with E-state index in [9.17, 15) is 9.59 Å². The minimum absolute atomic E-state index is 0.0825. The van der Waals surface area contributed by atoms with E-state index in [4.69, 9.17) is 4.42 Å². The van der Waals surface area contributed by atoms with E-state index in [0.717, 1.165) is 42.0 Å². The van der Waals surface area contributed by atoms with Gasteiger partial charge in [-0.25, -0.2) is 0 Å². The van der Waals surface area contributed by atoms with Gasteiger partial charge in [0.25, 0.3) is 11.8 Å². The molecule has 0 saturated carbocycles. The summed E-state index contributed by atoms with van der Waals surface area (Å²) < 4.78 is 6.11. The highest BCUT2D eigenvalue weighted by atomic mass is 16.3. The first kappa shape index (κ1) is 21.2. The number of aryl methyl sites for hydroxylation is 1. The highest BCUT2D eigenvalue weighted by Crippen LogP contribution is 2.35. The molecule has 33 heavy (non-hydrogen) atoms. The highest BCUT2D eigenvalue weighted by Gasteiger charge is 2.24. The minimum Gasteiger partial charge on any atom is -0.456 e. The Labute approximate surface area is 193 Å². The van der Waals surface area contributed by atoms with Crippen LogP contribution in [0.15, 0.2) is 59.0 Å². The quantitative estimate of drug-likeness (QED) is 0.550. The molecule has 1 aromatic heterocycles. The van der Waals surface area contributed by atoms with Crippen LogP contribution in [0.1, 0.15) is 40.1 Å². The maximum atomic E-state index is 12.6. The number of nitrogens with one attached hydrogen (secondary N) is 2. The second-order valence-corrected chi connectivity index (χ2v) is 8.60. The van der Waals surface area contributed by atoms with Gasteiger partial charge in [-0.15, -0.1) is 0 Å². The maximum absolute atomic E-state index is 12.6. The fourth-order valence-corrected chi connectivity index (χ4v) is 4.44.